The lowest BCUT2D eigenvalue weighted by Gasteiger charge is -2.02. The van der Waals surface area contributed by atoms with Crippen molar-refractivity contribution in [3.05, 3.63) is 24.8 Å². The lowest BCUT2D eigenvalue weighted by molar-refractivity contribution is 0.470. The molecule has 0 aliphatic rings. The molecule has 0 fully saturated rings. The van der Waals surface area contributed by atoms with Crippen molar-refractivity contribution in [2.45, 2.75) is 13.3 Å². The zero-order valence-corrected chi connectivity index (χ0v) is 12.1. The summed E-state index contributed by atoms with van der Waals surface area (Å²) in [4.78, 5) is 4.21. The third-order valence-corrected chi connectivity index (χ3v) is 3.09. The largest absolute Gasteiger partial charge is 0.506 e. The van der Waals surface area contributed by atoms with Gasteiger partial charge in [-0.2, -0.15) is 0 Å². The fourth-order valence-electron chi connectivity index (χ4n) is 0.976. The standard InChI is InChI=1S/C10H11I2NO/c1-2-3-13-6-7-4-8(11)5-9(12)10(7)14/h4-6,14H,2-3H2,1H3. The van der Waals surface area contributed by atoms with Crippen molar-refractivity contribution in [3.8, 4) is 5.75 Å². The van der Waals surface area contributed by atoms with Crippen LogP contribution in [-0.4, -0.2) is 17.9 Å². The van der Waals surface area contributed by atoms with Crippen molar-refractivity contribution >= 4 is 51.4 Å². The van der Waals surface area contributed by atoms with Gasteiger partial charge in [-0.3, -0.25) is 4.99 Å². The minimum absolute atomic E-state index is 0.325. The summed E-state index contributed by atoms with van der Waals surface area (Å²) in [5.41, 5.74) is 0.801. The first-order valence-corrected chi connectivity index (χ1v) is 6.48. The molecule has 0 atom stereocenters. The van der Waals surface area contributed by atoms with Gasteiger partial charge in [0.1, 0.15) is 5.75 Å². The predicted molar refractivity (Wildman–Crippen MR) is 76.3 cm³/mol. The highest BCUT2D eigenvalue weighted by atomic mass is 127. The van der Waals surface area contributed by atoms with Gasteiger partial charge in [0.05, 0.1) is 3.57 Å². The highest BCUT2D eigenvalue weighted by Gasteiger charge is 2.04. The van der Waals surface area contributed by atoms with Crippen LogP contribution in [0.25, 0.3) is 0 Å². The molecule has 0 saturated heterocycles. The maximum atomic E-state index is 9.72. The molecule has 14 heavy (non-hydrogen) atoms. The zero-order chi connectivity index (χ0) is 10.6. The summed E-state index contributed by atoms with van der Waals surface area (Å²) >= 11 is 4.35. The molecule has 2 nitrogen and oxygen atoms in total. The molecule has 0 unspecified atom stereocenters. The van der Waals surface area contributed by atoms with Crippen LogP contribution >= 0.6 is 45.2 Å². The number of nitrogens with zero attached hydrogens (tertiary/aromatic N) is 1. The van der Waals surface area contributed by atoms with Crippen molar-refractivity contribution < 1.29 is 5.11 Å². The first-order chi connectivity index (χ1) is 6.65. The summed E-state index contributed by atoms with van der Waals surface area (Å²) in [7, 11) is 0. The van der Waals surface area contributed by atoms with E-state index < -0.39 is 0 Å². The molecule has 76 valence electrons. The van der Waals surface area contributed by atoms with E-state index in [2.05, 4.69) is 57.1 Å². The number of rotatable bonds is 3. The number of phenols is 1. The number of phenolic OH excluding ortho intramolecular Hbond substituents is 1. The highest BCUT2D eigenvalue weighted by Crippen LogP contribution is 2.25. The van der Waals surface area contributed by atoms with Crippen LogP contribution in [0.1, 0.15) is 18.9 Å². The molecule has 1 aromatic carbocycles. The van der Waals surface area contributed by atoms with Crippen LogP contribution in [0.3, 0.4) is 0 Å². The fraction of sp³-hybridized carbons (Fsp3) is 0.300. The predicted octanol–water partition coefficient (Wildman–Crippen LogP) is 3.43. The Morgan fingerprint density at radius 1 is 1.43 bits per heavy atom. The third kappa shape index (κ3) is 3.38. The molecule has 1 N–H and O–H groups in total. The van der Waals surface area contributed by atoms with E-state index in [1.165, 1.54) is 0 Å². The van der Waals surface area contributed by atoms with E-state index in [-0.39, 0.29) is 0 Å². The van der Waals surface area contributed by atoms with E-state index in [9.17, 15) is 5.11 Å². The lowest BCUT2D eigenvalue weighted by Crippen LogP contribution is -1.89. The third-order valence-electron chi connectivity index (χ3n) is 1.64. The number of hydrogen-bond donors (Lipinski definition) is 1. The number of aromatic hydroxyl groups is 1. The number of halogens is 2. The van der Waals surface area contributed by atoms with Crippen molar-refractivity contribution in [3.63, 3.8) is 0 Å². The molecule has 0 aliphatic heterocycles. The molecule has 0 heterocycles. The molecular formula is C10H11I2NO. The highest BCUT2D eigenvalue weighted by molar-refractivity contribution is 14.1. The number of hydrogen-bond acceptors (Lipinski definition) is 2. The Balaban J connectivity index is 2.96. The Hall–Kier alpha value is 0.150. The molecule has 0 amide bonds. The van der Waals surface area contributed by atoms with Crippen LogP contribution in [0.4, 0.5) is 0 Å². The van der Waals surface area contributed by atoms with Crippen LogP contribution < -0.4 is 0 Å². The molecule has 0 aliphatic carbocycles. The average molecular weight is 415 g/mol. The van der Waals surface area contributed by atoms with Gasteiger partial charge in [-0.15, -0.1) is 0 Å². The summed E-state index contributed by atoms with van der Waals surface area (Å²) in [6.07, 6.45) is 2.77. The van der Waals surface area contributed by atoms with Crippen LogP contribution in [0.2, 0.25) is 0 Å². The molecule has 1 aromatic rings. The molecule has 0 saturated carbocycles. The van der Waals surface area contributed by atoms with Crippen molar-refractivity contribution in [1.29, 1.82) is 0 Å². The molecule has 1 rings (SSSR count). The van der Waals surface area contributed by atoms with Crippen LogP contribution in [-0.2, 0) is 0 Å². The normalized spacial score (nSPS) is 11.1. The Kier molecular flexibility index (Phi) is 5.14. The average Bonchev–Trinajstić information content (AvgIpc) is 2.13. The van der Waals surface area contributed by atoms with Gasteiger partial charge in [0, 0.05) is 21.9 Å². The van der Waals surface area contributed by atoms with Crippen molar-refractivity contribution in [2.75, 3.05) is 6.54 Å². The maximum absolute atomic E-state index is 9.72. The second-order valence-electron chi connectivity index (χ2n) is 2.86. The van der Waals surface area contributed by atoms with Crippen LogP contribution in [0.5, 0.6) is 5.75 Å². The van der Waals surface area contributed by atoms with E-state index in [1.807, 2.05) is 12.1 Å². The molecule has 0 bridgehead atoms. The second kappa shape index (κ2) is 5.89. The first kappa shape index (κ1) is 12.2. The lowest BCUT2D eigenvalue weighted by atomic mass is 10.2. The number of benzene rings is 1. The topological polar surface area (TPSA) is 32.6 Å². The maximum Gasteiger partial charge on any atom is 0.137 e. The summed E-state index contributed by atoms with van der Waals surface area (Å²) in [6, 6.07) is 3.87. The minimum atomic E-state index is 0.325. The van der Waals surface area contributed by atoms with Crippen LogP contribution in [0.15, 0.2) is 17.1 Å². The SMILES string of the molecule is CCCN=Cc1cc(I)cc(I)c1O. The molecule has 0 aromatic heterocycles. The summed E-state index contributed by atoms with van der Waals surface area (Å²) < 4.78 is 1.98. The first-order valence-electron chi connectivity index (χ1n) is 4.33. The van der Waals surface area contributed by atoms with E-state index >= 15 is 0 Å². The summed E-state index contributed by atoms with van der Waals surface area (Å²) in [6.45, 7) is 2.89. The zero-order valence-electron chi connectivity index (χ0n) is 7.80. The Morgan fingerprint density at radius 2 is 2.14 bits per heavy atom. The van der Waals surface area contributed by atoms with Gasteiger partial charge in [-0.05, 0) is 63.7 Å². The fourth-order valence-corrected chi connectivity index (χ4v) is 2.87. The van der Waals surface area contributed by atoms with Crippen molar-refractivity contribution in [2.24, 2.45) is 4.99 Å². The van der Waals surface area contributed by atoms with E-state index in [0.717, 1.165) is 25.7 Å². The molecule has 4 heteroatoms. The molecular weight excluding hydrogens is 404 g/mol. The second-order valence-corrected chi connectivity index (χ2v) is 5.27. The van der Waals surface area contributed by atoms with Gasteiger partial charge in [-0.1, -0.05) is 6.92 Å². The molecule has 0 spiro atoms. The van der Waals surface area contributed by atoms with E-state index in [4.69, 9.17) is 0 Å². The monoisotopic (exact) mass is 415 g/mol. The van der Waals surface area contributed by atoms with Gasteiger partial charge >= 0.3 is 0 Å². The quantitative estimate of drug-likeness (QED) is 0.596. The van der Waals surface area contributed by atoms with Gasteiger partial charge in [0.15, 0.2) is 0 Å². The summed E-state index contributed by atoms with van der Waals surface area (Å²) in [5.74, 6) is 0.325. The van der Waals surface area contributed by atoms with Gasteiger partial charge in [0.25, 0.3) is 0 Å². The Labute approximate surface area is 111 Å². The summed E-state index contributed by atoms with van der Waals surface area (Å²) in [5, 5.41) is 9.72. The van der Waals surface area contributed by atoms with E-state index in [0.29, 0.717) is 5.75 Å². The van der Waals surface area contributed by atoms with Crippen molar-refractivity contribution in [1.82, 2.24) is 0 Å². The Morgan fingerprint density at radius 3 is 2.79 bits per heavy atom. The Bertz CT molecular complexity index is 350. The smallest absolute Gasteiger partial charge is 0.137 e. The number of aliphatic imine (C=N–C) groups is 1. The van der Waals surface area contributed by atoms with Gasteiger partial charge in [0.2, 0.25) is 0 Å². The van der Waals surface area contributed by atoms with Crippen LogP contribution in [0, 0.1) is 7.14 Å². The van der Waals surface area contributed by atoms with Gasteiger partial charge < -0.3 is 5.11 Å². The molecule has 0 radical (unpaired) electrons. The van der Waals surface area contributed by atoms with Gasteiger partial charge in [-0.25, -0.2) is 0 Å². The van der Waals surface area contributed by atoms with E-state index in [1.54, 1.807) is 6.21 Å². The minimum Gasteiger partial charge on any atom is -0.506 e.